The molecule has 2 nitrogen and oxygen atoms in total. The molecule has 0 bridgehead atoms. The fourth-order valence-electron chi connectivity index (χ4n) is 2.40. The van der Waals surface area contributed by atoms with Gasteiger partial charge in [-0.1, -0.05) is 48.5 Å². The van der Waals surface area contributed by atoms with E-state index in [-0.39, 0.29) is 6.04 Å². The largest absolute Gasteiger partial charge is 0.386 e. The quantitative estimate of drug-likeness (QED) is 0.823. The second-order valence-corrected chi connectivity index (χ2v) is 4.47. The van der Waals surface area contributed by atoms with Gasteiger partial charge in [0.25, 0.3) is 0 Å². The van der Waals surface area contributed by atoms with Gasteiger partial charge >= 0.3 is 0 Å². The van der Waals surface area contributed by atoms with E-state index in [0.717, 1.165) is 17.7 Å². The Morgan fingerprint density at radius 2 is 1.71 bits per heavy atom. The first-order chi connectivity index (χ1) is 8.34. The van der Waals surface area contributed by atoms with Crippen LogP contribution in [0.2, 0.25) is 0 Å². The number of anilines is 1. The van der Waals surface area contributed by atoms with E-state index in [4.69, 9.17) is 0 Å². The third kappa shape index (κ3) is 1.92. The summed E-state index contributed by atoms with van der Waals surface area (Å²) in [7, 11) is 0. The first-order valence-electron chi connectivity index (χ1n) is 5.92. The maximum Gasteiger partial charge on any atom is 0.0994 e. The van der Waals surface area contributed by atoms with Crippen LogP contribution in [0, 0.1) is 0 Å². The zero-order valence-electron chi connectivity index (χ0n) is 9.51. The highest BCUT2D eigenvalue weighted by molar-refractivity contribution is 5.57. The molecule has 2 N–H and O–H groups in total. The Balaban J connectivity index is 1.81. The third-order valence-corrected chi connectivity index (χ3v) is 3.32. The molecule has 2 aromatic rings. The summed E-state index contributed by atoms with van der Waals surface area (Å²) in [6, 6.07) is 18.1. The molecule has 2 heteroatoms. The molecule has 1 aliphatic rings. The molecule has 0 saturated carbocycles. The summed E-state index contributed by atoms with van der Waals surface area (Å²) in [5.41, 5.74) is 3.40. The Morgan fingerprint density at radius 1 is 1.00 bits per heavy atom. The number of fused-ring (bicyclic) bond motifs is 1. The van der Waals surface area contributed by atoms with E-state index in [9.17, 15) is 5.11 Å². The van der Waals surface area contributed by atoms with Crippen LogP contribution >= 0.6 is 0 Å². The average molecular weight is 225 g/mol. The SMILES string of the molecule is O[C@H](c1ccccc1)[C@H]1Cc2ccccc2N1. The van der Waals surface area contributed by atoms with Gasteiger partial charge in [0, 0.05) is 5.69 Å². The van der Waals surface area contributed by atoms with Crippen LogP contribution in [-0.2, 0) is 6.42 Å². The van der Waals surface area contributed by atoms with Crippen molar-refractivity contribution < 1.29 is 5.11 Å². The van der Waals surface area contributed by atoms with Gasteiger partial charge < -0.3 is 10.4 Å². The van der Waals surface area contributed by atoms with E-state index in [1.165, 1.54) is 5.56 Å². The van der Waals surface area contributed by atoms with Crippen molar-refractivity contribution in [3.05, 3.63) is 65.7 Å². The molecular formula is C15H15NO. The van der Waals surface area contributed by atoms with E-state index >= 15 is 0 Å². The summed E-state index contributed by atoms with van der Waals surface area (Å²) in [6.07, 6.45) is 0.426. The molecule has 86 valence electrons. The molecule has 2 aromatic carbocycles. The summed E-state index contributed by atoms with van der Waals surface area (Å²) in [5, 5.41) is 13.7. The smallest absolute Gasteiger partial charge is 0.0994 e. The van der Waals surface area contributed by atoms with E-state index < -0.39 is 6.10 Å². The second-order valence-electron chi connectivity index (χ2n) is 4.47. The molecule has 3 rings (SSSR count). The molecule has 0 spiro atoms. The number of rotatable bonds is 2. The lowest BCUT2D eigenvalue weighted by Gasteiger charge is -2.19. The lowest BCUT2D eigenvalue weighted by molar-refractivity contribution is 0.156. The van der Waals surface area contributed by atoms with E-state index in [2.05, 4.69) is 17.4 Å². The van der Waals surface area contributed by atoms with Gasteiger partial charge in [-0.25, -0.2) is 0 Å². The number of nitrogens with one attached hydrogen (secondary N) is 1. The van der Waals surface area contributed by atoms with Crippen LogP contribution in [0.25, 0.3) is 0 Å². The van der Waals surface area contributed by atoms with Crippen LogP contribution in [0.3, 0.4) is 0 Å². The van der Waals surface area contributed by atoms with Crippen LogP contribution in [0.15, 0.2) is 54.6 Å². The molecule has 0 aliphatic carbocycles. The normalized spacial score (nSPS) is 19.5. The molecule has 0 unspecified atom stereocenters. The van der Waals surface area contributed by atoms with Gasteiger partial charge in [0.1, 0.15) is 0 Å². The van der Waals surface area contributed by atoms with E-state index in [1.54, 1.807) is 0 Å². The minimum Gasteiger partial charge on any atom is -0.386 e. The van der Waals surface area contributed by atoms with Crippen molar-refractivity contribution in [2.24, 2.45) is 0 Å². The standard InChI is InChI=1S/C15H15NO/c17-15(11-6-2-1-3-7-11)14-10-12-8-4-5-9-13(12)16-14/h1-9,14-17H,10H2/t14-,15-/m1/s1. The fourth-order valence-corrected chi connectivity index (χ4v) is 2.40. The van der Waals surface area contributed by atoms with Gasteiger partial charge in [-0.15, -0.1) is 0 Å². The molecule has 0 fully saturated rings. The molecule has 1 heterocycles. The van der Waals surface area contributed by atoms with Gasteiger partial charge in [0.15, 0.2) is 0 Å². The van der Waals surface area contributed by atoms with Crippen molar-refractivity contribution in [1.29, 1.82) is 0 Å². The number of benzene rings is 2. The van der Waals surface area contributed by atoms with Crippen molar-refractivity contribution in [2.75, 3.05) is 5.32 Å². The first-order valence-corrected chi connectivity index (χ1v) is 5.92. The molecule has 0 radical (unpaired) electrons. The maximum atomic E-state index is 10.3. The summed E-state index contributed by atoms with van der Waals surface area (Å²) in [6.45, 7) is 0. The van der Waals surface area contributed by atoms with Crippen LogP contribution in [0.4, 0.5) is 5.69 Å². The van der Waals surface area contributed by atoms with E-state index in [0.29, 0.717) is 0 Å². The minimum absolute atomic E-state index is 0.0785. The van der Waals surface area contributed by atoms with Gasteiger partial charge in [-0.2, -0.15) is 0 Å². The number of hydrogen-bond donors (Lipinski definition) is 2. The summed E-state index contributed by atoms with van der Waals surface area (Å²) in [4.78, 5) is 0. The molecule has 0 saturated heterocycles. The Morgan fingerprint density at radius 3 is 2.47 bits per heavy atom. The summed E-state index contributed by atoms with van der Waals surface area (Å²) in [5.74, 6) is 0. The van der Waals surface area contributed by atoms with Gasteiger partial charge in [0.2, 0.25) is 0 Å². The Hall–Kier alpha value is -1.80. The highest BCUT2D eigenvalue weighted by atomic mass is 16.3. The van der Waals surface area contributed by atoms with Crippen LogP contribution in [0.5, 0.6) is 0 Å². The fraction of sp³-hybridized carbons (Fsp3) is 0.200. The predicted octanol–water partition coefficient (Wildman–Crippen LogP) is 2.76. The number of hydrogen-bond acceptors (Lipinski definition) is 2. The zero-order valence-corrected chi connectivity index (χ0v) is 9.51. The lowest BCUT2D eigenvalue weighted by Crippen LogP contribution is -2.24. The van der Waals surface area contributed by atoms with Crippen LogP contribution in [-0.4, -0.2) is 11.1 Å². The second kappa shape index (κ2) is 4.22. The number of aliphatic hydroxyl groups excluding tert-OH is 1. The van der Waals surface area contributed by atoms with E-state index in [1.807, 2.05) is 42.5 Å². The Labute approximate surface area is 101 Å². The number of para-hydroxylation sites is 1. The van der Waals surface area contributed by atoms with Gasteiger partial charge in [0.05, 0.1) is 12.1 Å². The van der Waals surface area contributed by atoms with Crippen LogP contribution < -0.4 is 5.32 Å². The first kappa shape index (κ1) is 10.4. The monoisotopic (exact) mass is 225 g/mol. The lowest BCUT2D eigenvalue weighted by atomic mass is 9.99. The van der Waals surface area contributed by atoms with Gasteiger partial charge in [-0.05, 0) is 23.6 Å². The van der Waals surface area contributed by atoms with Crippen molar-refractivity contribution in [2.45, 2.75) is 18.6 Å². The highest BCUT2D eigenvalue weighted by Crippen LogP contribution is 2.31. The van der Waals surface area contributed by atoms with Gasteiger partial charge in [-0.3, -0.25) is 0 Å². The van der Waals surface area contributed by atoms with Crippen molar-refractivity contribution in [3.8, 4) is 0 Å². The highest BCUT2D eigenvalue weighted by Gasteiger charge is 2.27. The maximum absolute atomic E-state index is 10.3. The summed E-state index contributed by atoms with van der Waals surface area (Å²) >= 11 is 0. The minimum atomic E-state index is -0.455. The molecule has 2 atom stereocenters. The predicted molar refractivity (Wildman–Crippen MR) is 69.0 cm³/mol. The molecular weight excluding hydrogens is 210 g/mol. The van der Waals surface area contributed by atoms with Crippen molar-refractivity contribution in [3.63, 3.8) is 0 Å². The van der Waals surface area contributed by atoms with Crippen molar-refractivity contribution in [1.82, 2.24) is 0 Å². The molecule has 17 heavy (non-hydrogen) atoms. The third-order valence-electron chi connectivity index (χ3n) is 3.32. The topological polar surface area (TPSA) is 32.3 Å². The molecule has 0 aromatic heterocycles. The summed E-state index contributed by atoms with van der Waals surface area (Å²) < 4.78 is 0. The van der Waals surface area contributed by atoms with Crippen molar-refractivity contribution >= 4 is 5.69 Å². The number of aliphatic hydroxyl groups is 1. The molecule has 0 amide bonds. The zero-order chi connectivity index (χ0) is 11.7. The van der Waals surface area contributed by atoms with Crippen LogP contribution in [0.1, 0.15) is 17.2 Å². The Kier molecular flexibility index (Phi) is 2.57. The Bertz CT molecular complexity index is 484. The molecule has 1 aliphatic heterocycles. The average Bonchev–Trinajstić information content (AvgIpc) is 2.82.